The van der Waals surface area contributed by atoms with Gasteiger partial charge in [-0.15, -0.1) is 0 Å². The molecule has 3 aliphatic rings. The summed E-state index contributed by atoms with van der Waals surface area (Å²) in [5, 5.41) is 2.30. The van der Waals surface area contributed by atoms with Crippen LogP contribution >= 0.6 is 15.9 Å². The zero-order chi connectivity index (χ0) is 26.2. The highest BCUT2D eigenvalue weighted by Gasteiger charge is 2.54. The Morgan fingerprint density at radius 3 is 2.02 bits per heavy atom. The van der Waals surface area contributed by atoms with E-state index >= 15 is 0 Å². The number of rotatable bonds is 0. The van der Waals surface area contributed by atoms with Crippen LogP contribution in [0, 0.1) is 0 Å². The highest BCUT2D eigenvalue weighted by atomic mass is 79.9. The molecule has 186 valence electrons. The Kier molecular flexibility index (Phi) is 3.86. The molecule has 1 spiro atoms. The molecule has 0 bridgehead atoms. The summed E-state index contributed by atoms with van der Waals surface area (Å²) in [6, 6.07) is 42.5. The number of benzene rings is 6. The highest BCUT2D eigenvalue weighted by Crippen LogP contribution is 2.66. The molecule has 0 saturated heterocycles. The van der Waals surface area contributed by atoms with E-state index < -0.39 is 5.41 Å². The van der Waals surface area contributed by atoms with Crippen molar-refractivity contribution in [1.82, 2.24) is 0 Å². The summed E-state index contributed by atoms with van der Waals surface area (Å²) >= 11 is 4.03. The summed E-state index contributed by atoms with van der Waals surface area (Å²) in [7, 11) is 0. The fourth-order valence-corrected chi connectivity index (χ4v) is 8.78. The van der Waals surface area contributed by atoms with Gasteiger partial charge >= 0.3 is 0 Å². The van der Waals surface area contributed by atoms with Crippen LogP contribution in [0.5, 0.6) is 0 Å². The van der Waals surface area contributed by atoms with Crippen LogP contribution in [0.25, 0.3) is 55.3 Å². The first-order valence-electron chi connectivity index (χ1n) is 13.9. The topological polar surface area (TPSA) is 13.1 Å². The highest BCUT2D eigenvalue weighted by molar-refractivity contribution is 9.10. The fourth-order valence-electron chi connectivity index (χ4n) is 8.15. The van der Waals surface area contributed by atoms with Crippen molar-refractivity contribution in [3.05, 3.63) is 153 Å². The second kappa shape index (κ2) is 7.21. The Morgan fingerprint density at radius 2 is 1.23 bits per heavy atom. The zero-order valence-corrected chi connectivity index (χ0v) is 23.0. The molecule has 1 aromatic heterocycles. The summed E-state index contributed by atoms with van der Waals surface area (Å²) < 4.78 is 7.91. The van der Waals surface area contributed by atoms with Gasteiger partial charge in [-0.05, 0) is 79.8 Å². The van der Waals surface area contributed by atoms with Crippen LogP contribution in [0.3, 0.4) is 0 Å². The second-order valence-corrected chi connectivity index (χ2v) is 12.1. The summed E-state index contributed by atoms with van der Waals surface area (Å²) in [5.41, 5.74) is 17.6. The number of halogens is 1. The van der Waals surface area contributed by atoms with Gasteiger partial charge in [-0.3, -0.25) is 0 Å². The molecule has 0 saturated carbocycles. The van der Waals surface area contributed by atoms with E-state index in [1.807, 2.05) is 0 Å². The predicted octanol–water partition coefficient (Wildman–Crippen LogP) is 10.3. The van der Waals surface area contributed by atoms with Crippen molar-refractivity contribution in [1.29, 1.82) is 0 Å². The van der Waals surface area contributed by atoms with Gasteiger partial charge in [0.1, 0.15) is 11.2 Å². The van der Waals surface area contributed by atoms with Gasteiger partial charge in [-0.25, -0.2) is 0 Å². The first kappa shape index (κ1) is 21.4. The summed E-state index contributed by atoms with van der Waals surface area (Å²) in [5.74, 6) is 0. The summed E-state index contributed by atoms with van der Waals surface area (Å²) in [6.45, 7) is 0. The van der Waals surface area contributed by atoms with Crippen molar-refractivity contribution in [2.45, 2.75) is 11.8 Å². The second-order valence-electron chi connectivity index (χ2n) is 11.3. The lowest BCUT2D eigenvalue weighted by Gasteiger charge is -2.30. The Hall–Kier alpha value is -4.40. The minimum Gasteiger partial charge on any atom is -0.455 e. The maximum absolute atomic E-state index is 6.83. The molecule has 40 heavy (non-hydrogen) atoms. The fraction of sp³-hybridized carbons (Fsp3) is 0.0526. The third-order valence-corrected chi connectivity index (χ3v) is 10.2. The van der Waals surface area contributed by atoms with E-state index in [0.29, 0.717) is 0 Å². The van der Waals surface area contributed by atoms with Gasteiger partial charge in [0.2, 0.25) is 0 Å². The molecule has 6 aromatic carbocycles. The lowest BCUT2D eigenvalue weighted by atomic mass is 9.70. The maximum atomic E-state index is 6.83. The normalized spacial score (nSPS) is 14.7. The van der Waals surface area contributed by atoms with E-state index in [9.17, 15) is 0 Å². The molecule has 10 rings (SSSR count). The van der Waals surface area contributed by atoms with Crippen molar-refractivity contribution in [2.75, 3.05) is 0 Å². The number of para-hydroxylation sites is 1. The molecule has 0 unspecified atom stereocenters. The SMILES string of the molecule is Brc1cc2c(c3oc4ccccc4c13)-c1c(ccc3c1-c1ccccc1C3)C21c2ccccc2-c2ccccc21. The van der Waals surface area contributed by atoms with Crippen molar-refractivity contribution in [2.24, 2.45) is 0 Å². The van der Waals surface area contributed by atoms with E-state index in [0.717, 1.165) is 32.8 Å². The van der Waals surface area contributed by atoms with Crippen molar-refractivity contribution < 1.29 is 4.42 Å². The Morgan fingerprint density at radius 1 is 0.550 bits per heavy atom. The zero-order valence-electron chi connectivity index (χ0n) is 21.5. The van der Waals surface area contributed by atoms with Gasteiger partial charge < -0.3 is 4.42 Å². The molecule has 0 amide bonds. The quantitative estimate of drug-likeness (QED) is 0.176. The van der Waals surface area contributed by atoms with Crippen molar-refractivity contribution in [3.63, 3.8) is 0 Å². The van der Waals surface area contributed by atoms with Crippen molar-refractivity contribution in [3.8, 4) is 33.4 Å². The minimum absolute atomic E-state index is 0.417. The van der Waals surface area contributed by atoms with Crippen LogP contribution in [-0.2, 0) is 11.8 Å². The number of hydrogen-bond acceptors (Lipinski definition) is 1. The van der Waals surface area contributed by atoms with E-state index in [4.69, 9.17) is 4.42 Å². The van der Waals surface area contributed by atoms with Crippen LogP contribution in [-0.4, -0.2) is 0 Å². The monoisotopic (exact) mass is 572 g/mol. The third-order valence-electron chi connectivity index (χ3n) is 9.57. The molecule has 0 atom stereocenters. The van der Waals surface area contributed by atoms with Gasteiger partial charge in [-0.2, -0.15) is 0 Å². The van der Waals surface area contributed by atoms with Gasteiger partial charge in [-0.1, -0.05) is 119 Å². The number of hydrogen-bond donors (Lipinski definition) is 0. The van der Waals surface area contributed by atoms with Crippen LogP contribution in [0.15, 0.2) is 124 Å². The largest absolute Gasteiger partial charge is 0.455 e. The lowest BCUT2D eigenvalue weighted by molar-refractivity contribution is 0.669. The third kappa shape index (κ3) is 2.30. The van der Waals surface area contributed by atoms with Gasteiger partial charge in [0.15, 0.2) is 0 Å². The average molecular weight is 573 g/mol. The Bertz CT molecular complexity index is 2220. The van der Waals surface area contributed by atoms with Crippen LogP contribution in [0.4, 0.5) is 0 Å². The number of fused-ring (bicyclic) bond motifs is 18. The van der Waals surface area contributed by atoms with E-state index in [-0.39, 0.29) is 0 Å². The van der Waals surface area contributed by atoms with E-state index in [2.05, 4.69) is 131 Å². The first-order chi connectivity index (χ1) is 19.8. The molecule has 7 aromatic rings. The van der Waals surface area contributed by atoms with Crippen LogP contribution in [0.2, 0.25) is 0 Å². The molecule has 3 aliphatic carbocycles. The number of furan rings is 1. The molecular weight excluding hydrogens is 552 g/mol. The molecule has 1 heterocycles. The molecule has 0 radical (unpaired) electrons. The van der Waals surface area contributed by atoms with Crippen LogP contribution in [0.1, 0.15) is 33.4 Å². The van der Waals surface area contributed by atoms with Crippen molar-refractivity contribution >= 4 is 37.9 Å². The molecule has 0 fully saturated rings. The summed E-state index contributed by atoms with van der Waals surface area (Å²) in [6.07, 6.45) is 0.966. The molecule has 1 nitrogen and oxygen atoms in total. The molecule has 0 aliphatic heterocycles. The minimum atomic E-state index is -0.417. The first-order valence-corrected chi connectivity index (χ1v) is 14.6. The molecule has 2 heteroatoms. The van der Waals surface area contributed by atoms with Gasteiger partial charge in [0.05, 0.1) is 5.41 Å². The Balaban J connectivity index is 1.48. The Labute approximate surface area is 239 Å². The average Bonchev–Trinajstić information content (AvgIpc) is 3.72. The van der Waals surface area contributed by atoms with E-state index in [1.165, 1.54) is 66.8 Å². The lowest BCUT2D eigenvalue weighted by Crippen LogP contribution is -2.26. The smallest absolute Gasteiger partial charge is 0.144 e. The summed E-state index contributed by atoms with van der Waals surface area (Å²) in [4.78, 5) is 0. The maximum Gasteiger partial charge on any atom is 0.144 e. The van der Waals surface area contributed by atoms with Gasteiger partial charge in [0.25, 0.3) is 0 Å². The predicted molar refractivity (Wildman–Crippen MR) is 166 cm³/mol. The molecular formula is C38H21BrO. The van der Waals surface area contributed by atoms with Gasteiger partial charge in [0, 0.05) is 20.8 Å². The standard InChI is InChI=1S/C38H21BrO/c39-31-20-30-36(37-34(31)26-13-5-8-16-32(26)40-37)35-29(18-17-22-19-21-9-1-2-10-23(21)33(22)35)38(30)27-14-6-3-11-24(27)25-12-4-7-15-28(25)38/h1-18,20H,19H2. The molecule has 0 N–H and O–H groups in total. The van der Waals surface area contributed by atoms with E-state index in [1.54, 1.807) is 0 Å². The van der Waals surface area contributed by atoms with Crippen LogP contribution < -0.4 is 0 Å².